The van der Waals surface area contributed by atoms with E-state index in [4.69, 9.17) is 13.3 Å². The van der Waals surface area contributed by atoms with Crippen LogP contribution in [-0.2, 0) is 10.8 Å². The molecule has 3 aromatic heterocycles. The van der Waals surface area contributed by atoms with E-state index in [1.807, 2.05) is 50.2 Å². The van der Waals surface area contributed by atoms with Crippen LogP contribution in [0.5, 0.6) is 0 Å². The molecule has 0 unspecified atom stereocenters. The Hall–Kier alpha value is -7.32. The minimum absolute atomic E-state index is 0.0113. The van der Waals surface area contributed by atoms with Gasteiger partial charge in [0.2, 0.25) is 35.3 Å². The third kappa shape index (κ3) is 9.39. The van der Waals surface area contributed by atoms with Gasteiger partial charge in [-0.2, -0.15) is 52.7 Å². The summed E-state index contributed by atoms with van der Waals surface area (Å²) in [6, 6.07) is 28.9. The summed E-state index contributed by atoms with van der Waals surface area (Å²) in [5.41, 5.74) is -4.81. The zero-order valence-corrected chi connectivity index (χ0v) is 35.0. The number of nitrogens with zero attached hydrogens (tertiary/aromatic N) is 6. The van der Waals surface area contributed by atoms with Crippen LogP contribution in [0.4, 0.5) is 52.7 Å². The predicted octanol–water partition coefficient (Wildman–Crippen LogP) is 13.9. The Labute approximate surface area is 371 Å². The van der Waals surface area contributed by atoms with Crippen LogP contribution >= 0.6 is 0 Å². The molecule has 0 radical (unpaired) electrons. The van der Waals surface area contributed by atoms with E-state index in [9.17, 15) is 52.7 Å². The normalized spacial score (nSPS) is 12.8. The molecule has 0 fully saturated rings. The molecule has 348 valence electrons. The van der Waals surface area contributed by atoms with Crippen molar-refractivity contribution in [2.24, 2.45) is 0 Å². The van der Waals surface area contributed by atoms with E-state index < -0.39 is 46.7 Å². The molecule has 0 spiro atoms. The number of aryl methyl sites for hydroxylation is 2. The van der Waals surface area contributed by atoms with Crippen molar-refractivity contribution in [1.29, 1.82) is 0 Å². The highest BCUT2D eigenvalue weighted by atomic mass is 19.4. The van der Waals surface area contributed by atoms with Crippen LogP contribution in [0.1, 0.15) is 36.1 Å². The van der Waals surface area contributed by atoms with Gasteiger partial charge in [0.15, 0.2) is 10.8 Å². The van der Waals surface area contributed by atoms with Crippen LogP contribution in [0, 0.1) is 13.8 Å². The van der Waals surface area contributed by atoms with Gasteiger partial charge < -0.3 is 13.3 Å². The predicted molar refractivity (Wildman–Crippen MR) is 217 cm³/mol. The topological polar surface area (TPSA) is 117 Å². The average Bonchev–Trinajstić information content (AvgIpc) is 4.08. The van der Waals surface area contributed by atoms with Crippen molar-refractivity contribution >= 4 is 0 Å². The molecule has 0 aliphatic heterocycles. The molecule has 8 aromatic rings. The Bertz CT molecular complexity index is 2910. The monoisotopic (exact) mass is 944 g/mol. The van der Waals surface area contributed by atoms with E-state index in [2.05, 4.69) is 30.6 Å². The highest BCUT2D eigenvalue weighted by Crippen LogP contribution is 2.53. The van der Waals surface area contributed by atoms with Crippen LogP contribution in [0.15, 0.2) is 135 Å². The van der Waals surface area contributed by atoms with Crippen molar-refractivity contribution in [3.05, 3.63) is 144 Å². The third-order valence-corrected chi connectivity index (χ3v) is 10.9. The second-order valence-corrected chi connectivity index (χ2v) is 15.4. The van der Waals surface area contributed by atoms with Crippen molar-refractivity contribution < 1.29 is 65.9 Å². The number of alkyl halides is 12. The Balaban J connectivity index is 0.000000210. The third-order valence-electron chi connectivity index (χ3n) is 10.9. The zero-order valence-electron chi connectivity index (χ0n) is 35.0. The van der Waals surface area contributed by atoms with Gasteiger partial charge in [-0.1, -0.05) is 59.7 Å². The quantitative estimate of drug-likeness (QED) is 0.137. The van der Waals surface area contributed by atoms with Gasteiger partial charge in [-0.25, -0.2) is 0 Å². The van der Waals surface area contributed by atoms with Gasteiger partial charge in [-0.15, -0.1) is 30.6 Å². The van der Waals surface area contributed by atoms with Crippen LogP contribution in [0.2, 0.25) is 0 Å². The summed E-state index contributed by atoms with van der Waals surface area (Å²) in [7, 11) is 0. The van der Waals surface area contributed by atoms with Crippen LogP contribution in [0.3, 0.4) is 0 Å². The molecular weight excluding hydrogens is 913 g/mol. The van der Waals surface area contributed by atoms with Crippen LogP contribution in [0.25, 0.3) is 68.7 Å². The molecular formula is C46H32F12N6O3. The molecule has 21 heteroatoms. The summed E-state index contributed by atoms with van der Waals surface area (Å²) < 4.78 is 176. The van der Waals surface area contributed by atoms with E-state index in [1.54, 1.807) is 36.4 Å². The lowest BCUT2D eigenvalue weighted by Gasteiger charge is -2.34. The van der Waals surface area contributed by atoms with E-state index in [-0.39, 0.29) is 48.5 Å². The molecule has 8 rings (SSSR count). The summed E-state index contributed by atoms with van der Waals surface area (Å²) >= 11 is 0. The molecule has 0 saturated carbocycles. The summed E-state index contributed by atoms with van der Waals surface area (Å²) in [5.74, 6) is 0.876. The number of benzene rings is 5. The second-order valence-electron chi connectivity index (χ2n) is 15.4. The summed E-state index contributed by atoms with van der Waals surface area (Å²) in [6.07, 6.45) is -22.1. The molecule has 0 aliphatic carbocycles. The first-order chi connectivity index (χ1) is 31.3. The minimum atomic E-state index is -5.54. The summed E-state index contributed by atoms with van der Waals surface area (Å²) in [5, 5.41) is 23.6. The van der Waals surface area contributed by atoms with Gasteiger partial charge in [-0.3, -0.25) is 0 Å². The maximum Gasteiger partial charge on any atom is 0.406 e. The fourth-order valence-corrected chi connectivity index (χ4v) is 6.39. The number of hydrogen-bond donors (Lipinski definition) is 0. The van der Waals surface area contributed by atoms with Crippen molar-refractivity contribution in [3.63, 3.8) is 0 Å². The van der Waals surface area contributed by atoms with Gasteiger partial charge in [0.1, 0.15) is 0 Å². The van der Waals surface area contributed by atoms with Gasteiger partial charge in [0, 0.05) is 33.4 Å². The Morgan fingerprint density at radius 2 is 0.448 bits per heavy atom. The zero-order chi connectivity index (χ0) is 48.7. The van der Waals surface area contributed by atoms with Crippen LogP contribution in [-0.4, -0.2) is 55.3 Å². The smallest absolute Gasteiger partial charge is 0.406 e. The fraction of sp³-hybridized carbons (Fsp3) is 0.217. The standard InChI is InChI=1S/C27H18F6N4O2.C19H14F6N2O/c1-15-3-5-16(6-4-15)21-34-35-22(38-21)17-7-9-18(10-8-17)23-36-37-24(39-23)19-11-13-20(14-12-19)25(2,26(28,29)30)27(31,32)33;1-11-3-5-12(6-4-11)15-26-27-16(28-15)13-7-9-14(10-8-13)17(2,18(20,21)22)19(23,24)25/h3-14H,1-2H3;3-10H,1-2H3. The van der Waals surface area contributed by atoms with Crippen molar-refractivity contribution in [1.82, 2.24) is 30.6 Å². The maximum absolute atomic E-state index is 13.4. The maximum atomic E-state index is 13.4. The van der Waals surface area contributed by atoms with Crippen LogP contribution < -0.4 is 0 Å². The van der Waals surface area contributed by atoms with Gasteiger partial charge in [-0.05, 0) is 112 Å². The summed E-state index contributed by atoms with van der Waals surface area (Å²) in [6.45, 7) is 4.09. The van der Waals surface area contributed by atoms with Crippen molar-refractivity contribution in [2.75, 3.05) is 0 Å². The lowest BCUT2D eigenvalue weighted by molar-refractivity contribution is -0.298. The first-order valence-corrected chi connectivity index (χ1v) is 19.5. The minimum Gasteiger partial charge on any atom is -0.416 e. The highest BCUT2D eigenvalue weighted by molar-refractivity contribution is 5.64. The van der Waals surface area contributed by atoms with Gasteiger partial charge >= 0.3 is 24.7 Å². The molecule has 0 atom stereocenters. The molecule has 0 saturated heterocycles. The first-order valence-electron chi connectivity index (χ1n) is 19.5. The highest BCUT2D eigenvalue weighted by Gasteiger charge is 2.69. The first kappa shape index (κ1) is 47.6. The fourth-order valence-electron chi connectivity index (χ4n) is 6.39. The molecule has 0 aliphatic rings. The molecule has 67 heavy (non-hydrogen) atoms. The number of hydrogen-bond acceptors (Lipinski definition) is 9. The summed E-state index contributed by atoms with van der Waals surface area (Å²) in [4.78, 5) is 0. The molecule has 9 nitrogen and oxygen atoms in total. The van der Waals surface area contributed by atoms with E-state index in [0.29, 0.717) is 28.5 Å². The number of halogens is 12. The molecule has 0 bridgehead atoms. The van der Waals surface area contributed by atoms with Gasteiger partial charge in [0.05, 0.1) is 0 Å². The van der Waals surface area contributed by atoms with Crippen molar-refractivity contribution in [3.8, 4) is 68.7 Å². The average molecular weight is 945 g/mol. The molecule has 0 amide bonds. The number of rotatable bonds is 8. The molecule has 3 heterocycles. The number of aromatic nitrogens is 6. The largest absolute Gasteiger partial charge is 0.416 e. The van der Waals surface area contributed by atoms with E-state index >= 15 is 0 Å². The lowest BCUT2D eigenvalue weighted by Crippen LogP contribution is -2.51. The van der Waals surface area contributed by atoms with E-state index in [1.165, 1.54) is 0 Å². The second kappa shape index (κ2) is 17.5. The SMILES string of the molecule is Cc1ccc(-c2nnc(-c3ccc(-c4nnc(-c5ccc(C(C)(C(F)(F)F)C(F)(F)F)cc5)o4)cc3)o2)cc1.Cc1ccc(-c2nnc(-c3ccc(C(C)(C(F)(F)F)C(F)(F)F)cc3)o2)cc1. The van der Waals surface area contributed by atoms with E-state index in [0.717, 1.165) is 65.2 Å². The molecule has 5 aromatic carbocycles. The Kier molecular flexibility index (Phi) is 12.4. The lowest BCUT2D eigenvalue weighted by atomic mass is 9.80. The molecule has 0 N–H and O–H groups in total. The Morgan fingerprint density at radius 1 is 0.284 bits per heavy atom. The van der Waals surface area contributed by atoms with Gasteiger partial charge in [0.25, 0.3) is 0 Å². The Morgan fingerprint density at radius 3 is 0.627 bits per heavy atom. The van der Waals surface area contributed by atoms with Crippen molar-refractivity contribution in [2.45, 2.75) is 63.2 Å².